The molecule has 0 bridgehead atoms. The average Bonchev–Trinajstić information content (AvgIpc) is 2.96. The van der Waals surface area contributed by atoms with Crippen LogP contribution in [0.2, 0.25) is 0 Å². The minimum atomic E-state index is 0.534. The number of nitrogens with zero attached hydrogens (tertiary/aromatic N) is 1. The molecule has 2 aromatic rings. The highest BCUT2D eigenvalue weighted by molar-refractivity contribution is 7.20. The molecule has 1 atom stereocenters. The Morgan fingerprint density at radius 2 is 2.44 bits per heavy atom. The van der Waals surface area contributed by atoms with Crippen molar-refractivity contribution < 1.29 is 4.79 Å². The monoisotopic (exact) mass is 232 g/mol. The molecule has 82 valence electrons. The van der Waals surface area contributed by atoms with Crippen LogP contribution in [-0.2, 0) is 0 Å². The van der Waals surface area contributed by atoms with Crippen LogP contribution in [0.1, 0.15) is 27.7 Å². The molecule has 0 amide bonds. The molecule has 0 saturated carbocycles. The molecule has 1 saturated heterocycles. The molecule has 1 unspecified atom stereocenters. The molecule has 1 fully saturated rings. The Kier molecular flexibility index (Phi) is 2.46. The fourth-order valence-electron chi connectivity index (χ4n) is 2.14. The van der Waals surface area contributed by atoms with Crippen molar-refractivity contribution in [3.8, 4) is 0 Å². The summed E-state index contributed by atoms with van der Waals surface area (Å²) in [6, 6.07) is 6.05. The summed E-state index contributed by atoms with van der Waals surface area (Å²) in [7, 11) is 0. The van der Waals surface area contributed by atoms with E-state index >= 15 is 0 Å². The number of thiophene rings is 1. The second-order valence-electron chi connectivity index (χ2n) is 4.09. The van der Waals surface area contributed by atoms with Gasteiger partial charge in [-0.2, -0.15) is 0 Å². The normalized spacial score (nSPS) is 20.4. The summed E-state index contributed by atoms with van der Waals surface area (Å²) in [6.07, 6.45) is 2.05. The molecule has 1 aliphatic rings. The number of rotatable bonds is 2. The lowest BCUT2D eigenvalue weighted by Gasteiger charge is -2.06. The molecule has 0 spiro atoms. The van der Waals surface area contributed by atoms with Crippen LogP contribution in [0, 0.1) is 0 Å². The number of carbonyl (C=O) groups is 1. The third-order valence-corrected chi connectivity index (χ3v) is 3.99. The van der Waals surface area contributed by atoms with Gasteiger partial charge < -0.3 is 5.32 Å². The largest absolute Gasteiger partial charge is 0.316 e. The van der Waals surface area contributed by atoms with E-state index in [1.54, 1.807) is 0 Å². The number of pyridine rings is 1. The summed E-state index contributed by atoms with van der Waals surface area (Å²) in [5.74, 6) is 0.534. The minimum Gasteiger partial charge on any atom is -0.316 e. The molecule has 0 aliphatic carbocycles. The van der Waals surface area contributed by atoms with Crippen LogP contribution >= 0.6 is 11.3 Å². The molecule has 3 nitrogen and oxygen atoms in total. The molecule has 4 heteroatoms. The fourth-order valence-corrected chi connectivity index (χ4v) is 3.00. The van der Waals surface area contributed by atoms with Gasteiger partial charge in [-0.15, -0.1) is 11.3 Å². The van der Waals surface area contributed by atoms with Gasteiger partial charge in [-0.25, -0.2) is 4.98 Å². The van der Waals surface area contributed by atoms with Crippen molar-refractivity contribution >= 4 is 27.8 Å². The highest BCUT2D eigenvalue weighted by Gasteiger charge is 2.18. The SMILES string of the molecule is O=Cc1cc2ccc(C3CCNC3)nc2s1. The maximum atomic E-state index is 10.7. The molecule has 16 heavy (non-hydrogen) atoms. The van der Waals surface area contributed by atoms with E-state index in [2.05, 4.69) is 22.4 Å². The Morgan fingerprint density at radius 1 is 1.50 bits per heavy atom. The summed E-state index contributed by atoms with van der Waals surface area (Å²) in [4.78, 5) is 17.1. The summed E-state index contributed by atoms with van der Waals surface area (Å²) >= 11 is 1.47. The van der Waals surface area contributed by atoms with Crippen molar-refractivity contribution in [3.05, 3.63) is 28.8 Å². The molecule has 0 radical (unpaired) electrons. The average molecular weight is 232 g/mol. The first-order valence-electron chi connectivity index (χ1n) is 5.43. The number of fused-ring (bicyclic) bond motifs is 1. The van der Waals surface area contributed by atoms with Gasteiger partial charge in [0.05, 0.1) is 4.88 Å². The third kappa shape index (κ3) is 1.64. The summed E-state index contributed by atoms with van der Waals surface area (Å²) in [6.45, 7) is 2.10. The zero-order valence-corrected chi connectivity index (χ0v) is 9.59. The standard InChI is InChI=1S/C12H12N2OS/c15-7-10-5-8-1-2-11(14-12(8)16-10)9-3-4-13-6-9/h1-2,5,7,9,13H,3-4,6H2. The predicted molar refractivity (Wildman–Crippen MR) is 65.2 cm³/mol. The van der Waals surface area contributed by atoms with Gasteiger partial charge >= 0.3 is 0 Å². The smallest absolute Gasteiger partial charge is 0.160 e. The van der Waals surface area contributed by atoms with Gasteiger partial charge in [0.25, 0.3) is 0 Å². The van der Waals surface area contributed by atoms with Crippen molar-refractivity contribution in [1.29, 1.82) is 0 Å². The van der Waals surface area contributed by atoms with Crippen molar-refractivity contribution in [2.75, 3.05) is 13.1 Å². The fraction of sp³-hybridized carbons (Fsp3) is 0.333. The maximum absolute atomic E-state index is 10.7. The van der Waals surface area contributed by atoms with Crippen molar-refractivity contribution in [2.24, 2.45) is 0 Å². The Bertz CT molecular complexity index is 529. The lowest BCUT2D eigenvalue weighted by molar-refractivity contribution is 0.112. The van der Waals surface area contributed by atoms with E-state index in [0.717, 1.165) is 46.6 Å². The second-order valence-corrected chi connectivity index (χ2v) is 5.15. The predicted octanol–water partition coefficient (Wildman–Crippen LogP) is 2.19. The van der Waals surface area contributed by atoms with Crippen LogP contribution in [-0.4, -0.2) is 24.4 Å². The van der Waals surface area contributed by atoms with E-state index in [0.29, 0.717) is 5.92 Å². The molecular formula is C12H12N2OS. The molecule has 3 heterocycles. The first-order chi connectivity index (χ1) is 7.86. The highest BCUT2D eigenvalue weighted by Crippen LogP contribution is 2.27. The summed E-state index contributed by atoms with van der Waals surface area (Å²) in [5.41, 5.74) is 1.15. The van der Waals surface area contributed by atoms with Crippen LogP contribution in [0.15, 0.2) is 18.2 Å². The molecule has 0 aromatic carbocycles. The molecule has 3 rings (SSSR count). The van der Waals surface area contributed by atoms with Crippen molar-refractivity contribution in [3.63, 3.8) is 0 Å². The molecular weight excluding hydrogens is 220 g/mol. The number of hydrogen-bond acceptors (Lipinski definition) is 4. The summed E-state index contributed by atoms with van der Waals surface area (Å²) < 4.78 is 0. The van der Waals surface area contributed by atoms with E-state index in [4.69, 9.17) is 0 Å². The Labute approximate surface area is 97.5 Å². The maximum Gasteiger partial charge on any atom is 0.160 e. The van der Waals surface area contributed by atoms with E-state index in [-0.39, 0.29) is 0 Å². The number of aldehydes is 1. The molecule has 1 N–H and O–H groups in total. The van der Waals surface area contributed by atoms with Gasteiger partial charge in [0.2, 0.25) is 0 Å². The Hall–Kier alpha value is -1.26. The zero-order chi connectivity index (χ0) is 11.0. The van der Waals surface area contributed by atoms with Crippen LogP contribution in [0.4, 0.5) is 0 Å². The quantitative estimate of drug-likeness (QED) is 0.807. The molecule has 2 aromatic heterocycles. The van der Waals surface area contributed by atoms with E-state index in [1.165, 1.54) is 11.3 Å². The van der Waals surface area contributed by atoms with Crippen molar-refractivity contribution in [2.45, 2.75) is 12.3 Å². The minimum absolute atomic E-state index is 0.534. The number of hydrogen-bond donors (Lipinski definition) is 1. The van der Waals surface area contributed by atoms with E-state index in [1.807, 2.05) is 6.07 Å². The topological polar surface area (TPSA) is 42.0 Å². The lowest BCUT2D eigenvalue weighted by Crippen LogP contribution is -2.08. The first kappa shape index (κ1) is 9.93. The van der Waals surface area contributed by atoms with Crippen LogP contribution in [0.3, 0.4) is 0 Å². The van der Waals surface area contributed by atoms with Gasteiger partial charge in [-0.05, 0) is 25.1 Å². The van der Waals surface area contributed by atoms with E-state index < -0.39 is 0 Å². The zero-order valence-electron chi connectivity index (χ0n) is 8.77. The van der Waals surface area contributed by atoms with Gasteiger partial charge in [0.15, 0.2) is 6.29 Å². The Balaban J connectivity index is 2.03. The lowest BCUT2D eigenvalue weighted by atomic mass is 10.0. The third-order valence-electron chi connectivity index (χ3n) is 3.02. The van der Waals surface area contributed by atoms with Gasteiger partial charge in [0, 0.05) is 23.5 Å². The highest BCUT2D eigenvalue weighted by atomic mass is 32.1. The van der Waals surface area contributed by atoms with E-state index in [9.17, 15) is 4.79 Å². The van der Waals surface area contributed by atoms with Crippen LogP contribution in [0.25, 0.3) is 10.2 Å². The molecule has 1 aliphatic heterocycles. The summed E-state index contributed by atoms with van der Waals surface area (Å²) in [5, 5.41) is 4.41. The number of carbonyl (C=O) groups excluding carboxylic acids is 1. The van der Waals surface area contributed by atoms with Crippen LogP contribution in [0.5, 0.6) is 0 Å². The van der Waals surface area contributed by atoms with Crippen LogP contribution < -0.4 is 5.32 Å². The van der Waals surface area contributed by atoms with Gasteiger partial charge in [-0.3, -0.25) is 4.79 Å². The Morgan fingerprint density at radius 3 is 3.19 bits per heavy atom. The van der Waals surface area contributed by atoms with Crippen molar-refractivity contribution in [1.82, 2.24) is 10.3 Å². The van der Waals surface area contributed by atoms with Gasteiger partial charge in [-0.1, -0.05) is 6.07 Å². The number of nitrogens with one attached hydrogen (secondary N) is 1. The number of aromatic nitrogens is 1. The second kappa shape index (κ2) is 3.96. The first-order valence-corrected chi connectivity index (χ1v) is 6.25. The van der Waals surface area contributed by atoms with Gasteiger partial charge in [0.1, 0.15) is 4.83 Å².